The third-order valence-corrected chi connectivity index (χ3v) is 7.27. The lowest BCUT2D eigenvalue weighted by Gasteiger charge is -2.16. The van der Waals surface area contributed by atoms with E-state index in [1.807, 2.05) is 44.2 Å². The van der Waals surface area contributed by atoms with E-state index in [0.717, 1.165) is 28.1 Å². The van der Waals surface area contributed by atoms with Crippen molar-refractivity contribution in [1.29, 1.82) is 0 Å². The predicted octanol–water partition coefficient (Wildman–Crippen LogP) is 6.78. The van der Waals surface area contributed by atoms with Crippen LogP contribution in [-0.4, -0.2) is 28.1 Å². The number of rotatable bonds is 8. The van der Waals surface area contributed by atoms with Crippen molar-refractivity contribution in [3.05, 3.63) is 101 Å². The van der Waals surface area contributed by atoms with Gasteiger partial charge in [-0.1, -0.05) is 49.4 Å². The summed E-state index contributed by atoms with van der Waals surface area (Å²) in [6, 6.07) is 23.3. The number of aryl methyl sites for hydroxylation is 2. The number of fused-ring (bicyclic) bond motifs is 1. The van der Waals surface area contributed by atoms with E-state index >= 15 is 0 Å². The molecule has 3 N–H and O–H groups in total. The van der Waals surface area contributed by atoms with Crippen LogP contribution in [0.15, 0.2) is 83.8 Å². The Kier molecular flexibility index (Phi) is 7.94. The molecule has 0 aliphatic rings. The zero-order valence-electron chi connectivity index (χ0n) is 20.9. The maximum Gasteiger partial charge on any atom is 0.336 e. The molecule has 0 spiro atoms. The maximum atomic E-state index is 13.0. The quantitative estimate of drug-likeness (QED) is 0.226. The largest absolute Gasteiger partial charge is 0.478 e. The molecule has 37 heavy (non-hydrogen) atoms. The van der Waals surface area contributed by atoms with Gasteiger partial charge >= 0.3 is 5.97 Å². The SMILES string of the molecule is CCc1cccc(C)c1NC(=O)C(C)Sc1ccc(NC(=O)c2cccc3cccc(C(=O)O)c23)cc1. The predicted molar refractivity (Wildman–Crippen MR) is 150 cm³/mol. The molecule has 188 valence electrons. The van der Waals surface area contributed by atoms with Crippen molar-refractivity contribution in [3.8, 4) is 0 Å². The first kappa shape index (κ1) is 26.0. The number of nitrogens with one attached hydrogen (secondary N) is 2. The summed E-state index contributed by atoms with van der Waals surface area (Å²) in [4.78, 5) is 38.5. The number of benzene rings is 4. The molecule has 0 fully saturated rings. The highest BCUT2D eigenvalue weighted by molar-refractivity contribution is 8.00. The molecule has 4 aromatic rings. The Morgan fingerprint density at radius 1 is 0.865 bits per heavy atom. The van der Waals surface area contributed by atoms with Gasteiger partial charge in [0.15, 0.2) is 0 Å². The van der Waals surface area contributed by atoms with Crippen LogP contribution in [-0.2, 0) is 11.2 Å². The molecule has 0 radical (unpaired) electrons. The zero-order chi connectivity index (χ0) is 26.5. The summed E-state index contributed by atoms with van der Waals surface area (Å²) >= 11 is 1.43. The fourth-order valence-electron chi connectivity index (χ4n) is 4.21. The number of hydrogen-bond donors (Lipinski definition) is 3. The lowest BCUT2D eigenvalue weighted by Crippen LogP contribution is -2.23. The van der Waals surface area contributed by atoms with Crippen LogP contribution in [0.5, 0.6) is 0 Å². The Morgan fingerprint density at radius 3 is 2.16 bits per heavy atom. The van der Waals surface area contributed by atoms with Crippen LogP contribution in [0.4, 0.5) is 11.4 Å². The Balaban J connectivity index is 1.44. The molecule has 0 aliphatic heterocycles. The molecule has 1 unspecified atom stereocenters. The summed E-state index contributed by atoms with van der Waals surface area (Å²) in [6.07, 6.45) is 0.836. The highest BCUT2D eigenvalue weighted by Crippen LogP contribution is 2.28. The van der Waals surface area contributed by atoms with Crippen molar-refractivity contribution in [2.75, 3.05) is 10.6 Å². The second-order valence-corrected chi connectivity index (χ2v) is 10.1. The van der Waals surface area contributed by atoms with E-state index in [0.29, 0.717) is 22.0 Å². The lowest BCUT2D eigenvalue weighted by molar-refractivity contribution is -0.115. The minimum absolute atomic E-state index is 0.0726. The molecule has 0 saturated carbocycles. The topological polar surface area (TPSA) is 95.5 Å². The summed E-state index contributed by atoms with van der Waals surface area (Å²) < 4.78 is 0. The van der Waals surface area contributed by atoms with Crippen LogP contribution in [0.2, 0.25) is 0 Å². The zero-order valence-corrected chi connectivity index (χ0v) is 21.7. The van der Waals surface area contributed by atoms with Gasteiger partial charge in [0.25, 0.3) is 5.91 Å². The number of anilines is 2. The van der Waals surface area contributed by atoms with E-state index in [1.165, 1.54) is 17.8 Å². The van der Waals surface area contributed by atoms with Gasteiger partial charge in [-0.15, -0.1) is 11.8 Å². The number of carboxylic acid groups (broad SMARTS) is 1. The van der Waals surface area contributed by atoms with Crippen molar-refractivity contribution < 1.29 is 19.5 Å². The molecule has 0 bridgehead atoms. The molecule has 0 aliphatic carbocycles. The number of amides is 2. The second-order valence-electron chi connectivity index (χ2n) is 8.70. The molecule has 6 nitrogen and oxygen atoms in total. The van der Waals surface area contributed by atoms with Gasteiger partial charge in [-0.3, -0.25) is 9.59 Å². The van der Waals surface area contributed by atoms with E-state index < -0.39 is 11.9 Å². The monoisotopic (exact) mass is 512 g/mol. The van der Waals surface area contributed by atoms with Crippen LogP contribution < -0.4 is 10.6 Å². The molecule has 4 aromatic carbocycles. The normalized spacial score (nSPS) is 11.6. The molecular weight excluding hydrogens is 484 g/mol. The van der Waals surface area contributed by atoms with Gasteiger partial charge in [0.1, 0.15) is 0 Å². The average molecular weight is 513 g/mol. The van der Waals surface area contributed by atoms with Crippen molar-refractivity contribution in [1.82, 2.24) is 0 Å². The Labute approximate surface area is 220 Å². The van der Waals surface area contributed by atoms with Crippen molar-refractivity contribution in [2.45, 2.75) is 37.3 Å². The van der Waals surface area contributed by atoms with Crippen LogP contribution in [0.1, 0.15) is 45.7 Å². The number of hydrogen-bond acceptors (Lipinski definition) is 4. The van der Waals surface area contributed by atoms with Crippen LogP contribution in [0.25, 0.3) is 10.8 Å². The minimum atomic E-state index is -1.08. The van der Waals surface area contributed by atoms with Crippen LogP contribution >= 0.6 is 11.8 Å². The standard InChI is InChI=1S/C30H28N2O4S/c1-4-20-9-5-8-18(2)27(20)32-28(33)19(3)37-23-16-14-22(15-17-23)31-29(34)24-12-6-10-21-11-7-13-25(26(21)24)30(35)36/h5-17,19H,4H2,1-3H3,(H,31,34)(H,32,33)(H,35,36). The van der Waals surface area contributed by atoms with Crippen molar-refractivity contribution >= 4 is 51.7 Å². The smallest absolute Gasteiger partial charge is 0.336 e. The van der Waals surface area contributed by atoms with Gasteiger partial charge in [0.05, 0.1) is 10.8 Å². The third-order valence-electron chi connectivity index (χ3n) is 6.16. The van der Waals surface area contributed by atoms with E-state index in [9.17, 15) is 19.5 Å². The fraction of sp³-hybridized carbons (Fsp3) is 0.167. The Hall–Kier alpha value is -4.10. The molecular formula is C30H28N2O4S. The number of para-hydroxylation sites is 1. The second kappa shape index (κ2) is 11.3. The van der Waals surface area contributed by atoms with Gasteiger partial charge in [0, 0.05) is 27.2 Å². The molecule has 7 heteroatoms. The van der Waals surface area contributed by atoms with Crippen molar-refractivity contribution in [3.63, 3.8) is 0 Å². The summed E-state index contributed by atoms with van der Waals surface area (Å²) in [5, 5.41) is 16.3. The molecule has 0 aromatic heterocycles. The molecule has 1 atom stereocenters. The summed E-state index contributed by atoms with van der Waals surface area (Å²) in [5.74, 6) is -1.55. The van der Waals surface area contributed by atoms with Gasteiger partial charge in [-0.25, -0.2) is 4.79 Å². The average Bonchev–Trinajstić information content (AvgIpc) is 2.89. The summed E-state index contributed by atoms with van der Waals surface area (Å²) in [5.41, 5.74) is 3.96. The Morgan fingerprint density at radius 2 is 1.51 bits per heavy atom. The van der Waals surface area contributed by atoms with E-state index in [4.69, 9.17) is 0 Å². The first-order valence-electron chi connectivity index (χ1n) is 12.0. The summed E-state index contributed by atoms with van der Waals surface area (Å²) in [6.45, 7) is 5.91. The van der Waals surface area contributed by atoms with E-state index in [1.54, 1.807) is 42.5 Å². The Bertz CT molecular complexity index is 1480. The van der Waals surface area contributed by atoms with E-state index in [2.05, 4.69) is 17.6 Å². The summed E-state index contributed by atoms with van der Waals surface area (Å²) in [7, 11) is 0. The molecule has 2 amide bonds. The van der Waals surface area contributed by atoms with Gasteiger partial charge in [-0.05, 0) is 73.2 Å². The van der Waals surface area contributed by atoms with E-state index in [-0.39, 0.29) is 16.7 Å². The fourth-order valence-corrected chi connectivity index (χ4v) is 5.08. The first-order valence-corrected chi connectivity index (χ1v) is 12.9. The van der Waals surface area contributed by atoms with Crippen LogP contribution in [0, 0.1) is 6.92 Å². The number of carbonyl (C=O) groups excluding carboxylic acids is 2. The van der Waals surface area contributed by atoms with Crippen LogP contribution in [0.3, 0.4) is 0 Å². The maximum absolute atomic E-state index is 13.0. The number of thioether (sulfide) groups is 1. The number of carboxylic acids is 1. The molecule has 0 heterocycles. The van der Waals surface area contributed by atoms with Gasteiger partial charge in [0.2, 0.25) is 5.91 Å². The highest BCUT2D eigenvalue weighted by Gasteiger charge is 2.18. The third kappa shape index (κ3) is 5.84. The van der Waals surface area contributed by atoms with Crippen molar-refractivity contribution in [2.24, 2.45) is 0 Å². The van der Waals surface area contributed by atoms with Gasteiger partial charge < -0.3 is 15.7 Å². The van der Waals surface area contributed by atoms with Gasteiger partial charge in [-0.2, -0.15) is 0 Å². The minimum Gasteiger partial charge on any atom is -0.478 e. The first-order chi connectivity index (χ1) is 17.8. The highest BCUT2D eigenvalue weighted by atomic mass is 32.2. The number of carbonyl (C=O) groups is 3. The lowest BCUT2D eigenvalue weighted by atomic mass is 9.98. The molecule has 0 saturated heterocycles. The number of aromatic carboxylic acids is 1. The molecule has 4 rings (SSSR count).